The van der Waals surface area contributed by atoms with Crippen LogP contribution in [0.4, 0.5) is 0 Å². The van der Waals surface area contributed by atoms with Gasteiger partial charge in [-0.2, -0.15) is 0 Å². The van der Waals surface area contributed by atoms with Crippen molar-refractivity contribution >= 4 is 81.3 Å². The number of hydrogen-bond acceptors (Lipinski definition) is 0. The summed E-state index contributed by atoms with van der Waals surface area (Å²) in [5, 5.41) is 0. The van der Waals surface area contributed by atoms with Crippen molar-refractivity contribution in [1.29, 1.82) is 0 Å². The topological polar surface area (TPSA) is 0 Å². The molecule has 0 aliphatic heterocycles. The Hall–Kier alpha value is 1.49. The van der Waals surface area contributed by atoms with Gasteiger partial charge in [0.2, 0.25) is 0 Å². The summed E-state index contributed by atoms with van der Waals surface area (Å²) in [5.74, 6) is 0. The van der Waals surface area contributed by atoms with Crippen molar-refractivity contribution in [3.63, 3.8) is 0 Å². The van der Waals surface area contributed by atoms with E-state index in [1.165, 1.54) is 38.5 Å². The van der Waals surface area contributed by atoms with E-state index in [2.05, 4.69) is 155 Å². The summed E-state index contributed by atoms with van der Waals surface area (Å²) in [7, 11) is 0. The van der Waals surface area contributed by atoms with Crippen LogP contribution in [0.1, 0.15) is 80.1 Å². The summed E-state index contributed by atoms with van der Waals surface area (Å²) >= 11 is -3.50. The normalized spacial score (nSPS) is 18.0. The number of halogens is 6. The summed E-state index contributed by atoms with van der Waals surface area (Å²) in [6.45, 7) is 16.4. The van der Waals surface area contributed by atoms with E-state index in [9.17, 15) is 0 Å². The third-order valence-electron chi connectivity index (χ3n) is 9.25. The fraction of sp³-hybridized carbons (Fsp3) is 0.400. The summed E-state index contributed by atoms with van der Waals surface area (Å²) in [6, 6.07) is 0. The van der Waals surface area contributed by atoms with Crippen molar-refractivity contribution in [1.82, 2.24) is 0 Å². The van der Waals surface area contributed by atoms with Gasteiger partial charge in [-0.25, -0.2) is 0 Å². The van der Waals surface area contributed by atoms with E-state index in [-0.39, 0.29) is 97.7 Å². The molecule has 0 fully saturated rings. The SMILES string of the molecule is C1=CC[C]([Zr][C]2=CC=CC2)=C1.CC(C)(C)C1=[C]([Zr][C]2=C(C(C)(C)C)C=CC2)CC=C1.Cl.Cl.Cl.Cl.Cl.Cl.[CH3][Zr]([CH3])(=[SiH2])([C]1=CC=CC1)[C]1=CC=CC1. The van der Waals surface area contributed by atoms with E-state index in [1.54, 1.807) is 30.8 Å². The van der Waals surface area contributed by atoms with Gasteiger partial charge in [-0.15, -0.1) is 74.4 Å². The fourth-order valence-corrected chi connectivity index (χ4v) is 25.3. The van der Waals surface area contributed by atoms with Gasteiger partial charge in [0.1, 0.15) is 0 Å². The first-order valence-corrected chi connectivity index (χ1v) is 34.7. The molecule has 0 radical (unpaired) electrons. The summed E-state index contributed by atoms with van der Waals surface area (Å²) < 4.78 is 15.7. The molecule has 0 N–H and O–H groups in total. The predicted octanol–water partition coefficient (Wildman–Crippen LogP) is 13.9. The van der Waals surface area contributed by atoms with Gasteiger partial charge < -0.3 is 0 Å². The van der Waals surface area contributed by atoms with E-state index in [1.807, 2.05) is 0 Å². The Labute approximate surface area is 368 Å². The number of rotatable bonds is 6. The summed E-state index contributed by atoms with van der Waals surface area (Å²) in [4.78, 5) is 0. The zero-order valence-electron chi connectivity index (χ0n) is 31.1. The first kappa shape index (κ1) is 55.8. The average molecular weight is 1060 g/mol. The standard InChI is InChI=1S/2C9H13.4C5H5.2CH3.6ClH.H2Si.3Zr/c2*1-9(2,3)8-6-4-5-7-8;4*1-2-4-5-3-1;;;;;;;;;;;;/h2*4,6H,5H2,1-3H3;4*1-3H,4H2;2*1H3;6*1H;1H2;;;. The molecule has 278 valence electrons. The number of allylic oxidation sites excluding steroid dienone is 24. The average Bonchev–Trinajstić information content (AvgIpc) is 3.79. The van der Waals surface area contributed by atoms with Gasteiger partial charge >= 0.3 is 299 Å². The van der Waals surface area contributed by atoms with Gasteiger partial charge in [0.25, 0.3) is 0 Å². The summed E-state index contributed by atoms with van der Waals surface area (Å²) in [6.07, 6.45) is 44.2. The second-order valence-corrected chi connectivity index (χ2v) is 52.0. The molecule has 0 aromatic heterocycles. The van der Waals surface area contributed by atoms with E-state index in [0.717, 1.165) is 0 Å². The van der Waals surface area contributed by atoms with E-state index in [4.69, 9.17) is 0 Å². The molecule has 0 aromatic carbocycles. The van der Waals surface area contributed by atoms with Crippen LogP contribution in [0.2, 0.25) is 9.26 Å². The fourth-order valence-electron chi connectivity index (χ4n) is 6.41. The van der Waals surface area contributed by atoms with Gasteiger partial charge in [0.15, 0.2) is 0 Å². The van der Waals surface area contributed by atoms with Gasteiger partial charge in [0, 0.05) is 0 Å². The molecule has 50 heavy (non-hydrogen) atoms. The number of hydrogen-bond donors (Lipinski definition) is 0. The molecule has 6 aliphatic rings. The van der Waals surface area contributed by atoms with Crippen LogP contribution in [0.5, 0.6) is 0 Å². The van der Waals surface area contributed by atoms with Crippen molar-refractivity contribution < 1.29 is 63.9 Å². The zero-order chi connectivity index (χ0) is 32.0. The van der Waals surface area contributed by atoms with E-state index >= 15 is 0 Å². The maximum atomic E-state index is 2.57. The Morgan fingerprint density at radius 2 is 0.820 bits per heavy atom. The van der Waals surface area contributed by atoms with Gasteiger partial charge in [-0.05, 0) is 0 Å². The van der Waals surface area contributed by atoms with Crippen LogP contribution in [0.3, 0.4) is 0 Å². The first-order valence-electron chi connectivity index (χ1n) is 16.5. The molecule has 0 unspecified atom stereocenters. The molecule has 0 atom stereocenters. The Kier molecular flexibility index (Phi) is 27.0. The van der Waals surface area contributed by atoms with Crippen LogP contribution in [0.15, 0.2) is 128 Å². The minimum absolute atomic E-state index is 0. The van der Waals surface area contributed by atoms with Crippen LogP contribution in [0, 0.1) is 10.8 Å². The first-order chi connectivity index (χ1) is 20.6. The Morgan fingerprint density at radius 1 is 0.480 bits per heavy atom. The quantitative estimate of drug-likeness (QED) is 0.233. The van der Waals surface area contributed by atoms with Crippen molar-refractivity contribution in [3.05, 3.63) is 128 Å². The Bertz CT molecular complexity index is 1480. The van der Waals surface area contributed by atoms with Crippen LogP contribution >= 0.6 is 74.4 Å². The van der Waals surface area contributed by atoms with Gasteiger partial charge in [0.05, 0.1) is 0 Å². The summed E-state index contributed by atoms with van der Waals surface area (Å²) in [5.41, 5.74) is 3.90. The third-order valence-corrected chi connectivity index (χ3v) is 33.8. The molecule has 0 aromatic rings. The van der Waals surface area contributed by atoms with Crippen LogP contribution in [-0.4, -0.2) is 6.88 Å². The van der Waals surface area contributed by atoms with Gasteiger partial charge in [-0.1, -0.05) is 0 Å². The molecule has 10 heteroatoms. The molecule has 0 nitrogen and oxygen atoms in total. The molecule has 0 saturated heterocycles. The predicted molar refractivity (Wildman–Crippen MR) is 232 cm³/mol. The van der Waals surface area contributed by atoms with E-state index in [0.29, 0.717) is 10.8 Å². The molecule has 0 heterocycles. The zero-order valence-corrected chi connectivity index (χ0v) is 44.8. The van der Waals surface area contributed by atoms with Crippen LogP contribution in [0.25, 0.3) is 0 Å². The molecular formula is C40H60Cl6SiZr3. The van der Waals surface area contributed by atoms with Gasteiger partial charge in [-0.3, -0.25) is 0 Å². The second-order valence-electron chi connectivity index (χ2n) is 15.7. The Balaban J connectivity index is -0.000000644. The molecule has 6 aliphatic carbocycles. The van der Waals surface area contributed by atoms with Crippen LogP contribution in [-0.2, 0) is 63.9 Å². The van der Waals surface area contributed by atoms with Crippen molar-refractivity contribution in [2.45, 2.75) is 89.3 Å². The van der Waals surface area contributed by atoms with Crippen molar-refractivity contribution in [3.8, 4) is 0 Å². The molecule has 0 amide bonds. The molecule has 0 bridgehead atoms. The monoisotopic (exact) mass is 1050 g/mol. The molecule has 0 saturated carbocycles. The minimum atomic E-state index is -2.62. The Morgan fingerprint density at radius 3 is 1.10 bits per heavy atom. The molecule has 0 spiro atoms. The molecule has 6 rings (SSSR count). The van der Waals surface area contributed by atoms with Crippen molar-refractivity contribution in [2.75, 3.05) is 0 Å². The van der Waals surface area contributed by atoms with E-state index < -0.39 is 40.6 Å². The third kappa shape index (κ3) is 15.9. The van der Waals surface area contributed by atoms with Crippen molar-refractivity contribution in [2.24, 2.45) is 10.8 Å². The maximum absolute atomic E-state index is 2.62. The molecular weight excluding hydrogens is 995 g/mol. The second kappa shape index (κ2) is 24.2. The van der Waals surface area contributed by atoms with Crippen LogP contribution < -0.4 is 0 Å².